The molecule has 2 aromatic rings. The van der Waals surface area contributed by atoms with E-state index in [4.69, 9.17) is 11.6 Å². The van der Waals surface area contributed by atoms with Crippen LogP contribution >= 0.6 is 11.6 Å². The monoisotopic (exact) mass is 329 g/mol. The average molecular weight is 330 g/mol. The number of benzene rings is 1. The van der Waals surface area contributed by atoms with Gasteiger partial charge < -0.3 is 5.32 Å². The van der Waals surface area contributed by atoms with Crippen molar-refractivity contribution in [1.82, 2.24) is 15.2 Å². The zero-order valence-corrected chi connectivity index (χ0v) is 13.7. The number of rotatable bonds is 4. The summed E-state index contributed by atoms with van der Waals surface area (Å²) >= 11 is 6.24. The van der Waals surface area contributed by atoms with E-state index in [1.54, 1.807) is 24.5 Å². The summed E-state index contributed by atoms with van der Waals surface area (Å²) in [6.45, 7) is 2.70. The number of piperidine rings is 1. The summed E-state index contributed by atoms with van der Waals surface area (Å²) in [6, 6.07) is 11.6. The highest BCUT2D eigenvalue weighted by Gasteiger charge is 2.22. The second-order valence-electron chi connectivity index (χ2n) is 5.88. The van der Waals surface area contributed by atoms with Crippen LogP contribution in [0.5, 0.6) is 0 Å². The molecule has 1 saturated heterocycles. The van der Waals surface area contributed by atoms with Gasteiger partial charge in [-0.3, -0.25) is 14.7 Å². The number of amides is 1. The van der Waals surface area contributed by atoms with E-state index < -0.39 is 0 Å². The summed E-state index contributed by atoms with van der Waals surface area (Å²) in [5.74, 6) is -0.0306. The topological polar surface area (TPSA) is 45.2 Å². The highest BCUT2D eigenvalue weighted by molar-refractivity contribution is 6.31. The van der Waals surface area contributed by atoms with Gasteiger partial charge in [0.1, 0.15) is 0 Å². The van der Waals surface area contributed by atoms with E-state index in [2.05, 4.69) is 21.3 Å². The summed E-state index contributed by atoms with van der Waals surface area (Å²) in [4.78, 5) is 18.5. The van der Waals surface area contributed by atoms with Crippen molar-refractivity contribution in [2.24, 2.45) is 0 Å². The van der Waals surface area contributed by atoms with Gasteiger partial charge in [-0.1, -0.05) is 29.8 Å². The minimum Gasteiger partial charge on any atom is -0.348 e. The van der Waals surface area contributed by atoms with Gasteiger partial charge in [0.05, 0.1) is 0 Å². The second kappa shape index (κ2) is 7.57. The van der Waals surface area contributed by atoms with E-state index in [0.29, 0.717) is 5.56 Å². The summed E-state index contributed by atoms with van der Waals surface area (Å²) in [7, 11) is 0. The Morgan fingerprint density at radius 1 is 1.26 bits per heavy atom. The minimum atomic E-state index is -0.0306. The molecule has 1 aromatic heterocycles. The predicted molar refractivity (Wildman–Crippen MR) is 91.5 cm³/mol. The fourth-order valence-electron chi connectivity index (χ4n) is 2.96. The van der Waals surface area contributed by atoms with Crippen LogP contribution < -0.4 is 5.32 Å². The molecular formula is C18H20ClN3O. The van der Waals surface area contributed by atoms with E-state index in [1.165, 1.54) is 0 Å². The summed E-state index contributed by atoms with van der Waals surface area (Å²) < 4.78 is 0. The zero-order chi connectivity index (χ0) is 16.1. The van der Waals surface area contributed by atoms with Crippen molar-refractivity contribution in [1.29, 1.82) is 0 Å². The van der Waals surface area contributed by atoms with Gasteiger partial charge in [-0.25, -0.2) is 0 Å². The maximum Gasteiger partial charge on any atom is 0.251 e. The normalized spacial score (nSPS) is 18.6. The molecule has 0 radical (unpaired) electrons. The molecule has 1 amide bonds. The van der Waals surface area contributed by atoms with Gasteiger partial charge in [0.25, 0.3) is 5.91 Å². The Bertz CT molecular complexity index is 662. The lowest BCUT2D eigenvalue weighted by Crippen LogP contribution is -2.47. The molecule has 0 aliphatic carbocycles. The Kier molecular flexibility index (Phi) is 5.26. The minimum absolute atomic E-state index is 0.0306. The molecule has 1 fully saturated rings. The molecule has 1 unspecified atom stereocenters. The van der Waals surface area contributed by atoms with Crippen molar-refractivity contribution in [3.63, 3.8) is 0 Å². The van der Waals surface area contributed by atoms with Crippen molar-refractivity contribution >= 4 is 17.5 Å². The Labute approximate surface area is 141 Å². The molecule has 120 valence electrons. The van der Waals surface area contributed by atoms with Crippen LogP contribution in [0.4, 0.5) is 0 Å². The highest BCUT2D eigenvalue weighted by atomic mass is 35.5. The number of likely N-dealkylation sites (tertiary alicyclic amines) is 1. The average Bonchev–Trinajstić information content (AvgIpc) is 2.58. The third-order valence-electron chi connectivity index (χ3n) is 4.14. The van der Waals surface area contributed by atoms with E-state index in [0.717, 1.165) is 43.1 Å². The van der Waals surface area contributed by atoms with Gasteiger partial charge >= 0.3 is 0 Å². The number of aromatic nitrogens is 1. The maximum absolute atomic E-state index is 12.3. The van der Waals surface area contributed by atoms with Crippen LogP contribution in [0.1, 0.15) is 28.8 Å². The Morgan fingerprint density at radius 2 is 2.04 bits per heavy atom. The fourth-order valence-corrected chi connectivity index (χ4v) is 3.15. The molecule has 3 rings (SSSR count). The second-order valence-corrected chi connectivity index (χ2v) is 6.28. The quantitative estimate of drug-likeness (QED) is 0.937. The van der Waals surface area contributed by atoms with Crippen molar-refractivity contribution < 1.29 is 4.79 Å². The highest BCUT2D eigenvalue weighted by Crippen LogP contribution is 2.19. The number of halogens is 1. The third-order valence-corrected chi connectivity index (χ3v) is 4.50. The van der Waals surface area contributed by atoms with Crippen LogP contribution in [-0.2, 0) is 6.54 Å². The zero-order valence-electron chi connectivity index (χ0n) is 12.9. The van der Waals surface area contributed by atoms with Crippen molar-refractivity contribution in [3.8, 4) is 0 Å². The van der Waals surface area contributed by atoms with Crippen LogP contribution in [0, 0.1) is 0 Å². The number of hydrogen-bond acceptors (Lipinski definition) is 3. The van der Waals surface area contributed by atoms with Crippen molar-refractivity contribution in [2.45, 2.75) is 25.4 Å². The third kappa shape index (κ3) is 4.30. The molecule has 2 heterocycles. The lowest BCUT2D eigenvalue weighted by molar-refractivity contribution is 0.0900. The lowest BCUT2D eigenvalue weighted by atomic mass is 10.0. The molecule has 23 heavy (non-hydrogen) atoms. The van der Waals surface area contributed by atoms with Gasteiger partial charge in [-0.05, 0) is 43.1 Å². The smallest absolute Gasteiger partial charge is 0.251 e. The first kappa shape index (κ1) is 16.0. The fraction of sp³-hybridized carbons (Fsp3) is 0.333. The van der Waals surface area contributed by atoms with E-state index in [1.807, 2.05) is 18.2 Å². The van der Waals surface area contributed by atoms with Crippen molar-refractivity contribution in [2.75, 3.05) is 13.1 Å². The SMILES string of the molecule is O=C(NC1CCCN(Cc2ccccc2Cl)C1)c1ccncc1. The maximum atomic E-state index is 12.3. The van der Waals surface area contributed by atoms with Crippen LogP contribution in [-0.4, -0.2) is 34.9 Å². The number of carbonyl (C=O) groups is 1. The predicted octanol–water partition coefficient (Wildman–Crippen LogP) is 3.13. The molecule has 0 saturated carbocycles. The van der Waals surface area contributed by atoms with Gasteiger partial charge in [-0.2, -0.15) is 0 Å². The Balaban J connectivity index is 1.58. The van der Waals surface area contributed by atoms with Crippen LogP contribution in [0.3, 0.4) is 0 Å². The molecular weight excluding hydrogens is 310 g/mol. The molecule has 1 aliphatic rings. The van der Waals surface area contributed by atoms with Crippen LogP contribution in [0.2, 0.25) is 5.02 Å². The number of nitrogens with one attached hydrogen (secondary N) is 1. The first-order valence-corrected chi connectivity index (χ1v) is 8.27. The lowest BCUT2D eigenvalue weighted by Gasteiger charge is -2.33. The standard InChI is InChI=1S/C18H20ClN3O/c19-17-6-2-1-4-15(17)12-22-11-3-5-16(13-22)21-18(23)14-7-9-20-10-8-14/h1-2,4,6-10,16H,3,5,11-13H2,(H,21,23). The summed E-state index contributed by atoms with van der Waals surface area (Å²) in [5.41, 5.74) is 1.79. The Hall–Kier alpha value is -1.91. The summed E-state index contributed by atoms with van der Waals surface area (Å²) in [5, 5.41) is 3.93. The number of nitrogens with zero attached hydrogens (tertiary/aromatic N) is 2. The number of carbonyl (C=O) groups excluding carboxylic acids is 1. The van der Waals surface area contributed by atoms with Gasteiger partial charge in [0.2, 0.25) is 0 Å². The van der Waals surface area contributed by atoms with E-state index in [-0.39, 0.29) is 11.9 Å². The molecule has 1 N–H and O–H groups in total. The van der Waals surface area contributed by atoms with Crippen molar-refractivity contribution in [3.05, 3.63) is 64.9 Å². The largest absolute Gasteiger partial charge is 0.348 e. The van der Waals surface area contributed by atoms with E-state index in [9.17, 15) is 4.79 Å². The van der Waals surface area contributed by atoms with Crippen LogP contribution in [0.25, 0.3) is 0 Å². The van der Waals surface area contributed by atoms with Crippen LogP contribution in [0.15, 0.2) is 48.8 Å². The number of hydrogen-bond donors (Lipinski definition) is 1. The molecule has 0 spiro atoms. The number of pyridine rings is 1. The van der Waals surface area contributed by atoms with Gasteiger partial charge in [0.15, 0.2) is 0 Å². The Morgan fingerprint density at radius 3 is 2.83 bits per heavy atom. The molecule has 1 aromatic carbocycles. The van der Waals surface area contributed by atoms with Gasteiger partial charge in [0, 0.05) is 42.1 Å². The first-order chi connectivity index (χ1) is 11.2. The molecule has 5 heteroatoms. The molecule has 1 atom stereocenters. The molecule has 1 aliphatic heterocycles. The molecule has 4 nitrogen and oxygen atoms in total. The summed E-state index contributed by atoms with van der Waals surface area (Å²) in [6.07, 6.45) is 5.36. The first-order valence-electron chi connectivity index (χ1n) is 7.89. The van der Waals surface area contributed by atoms with Gasteiger partial charge in [-0.15, -0.1) is 0 Å². The molecule has 0 bridgehead atoms. The van der Waals surface area contributed by atoms with E-state index >= 15 is 0 Å².